The van der Waals surface area contributed by atoms with E-state index in [1.807, 2.05) is 5.57 Å². The molecule has 0 aromatic rings. The van der Waals surface area contributed by atoms with Gasteiger partial charge in [0.2, 0.25) is 0 Å². The van der Waals surface area contributed by atoms with Crippen LogP contribution in [0.15, 0.2) is 11.6 Å². The molecule has 0 saturated heterocycles. The molecule has 2 unspecified atom stereocenters. The first-order valence-corrected chi connectivity index (χ1v) is 5.98. The second-order valence-corrected chi connectivity index (χ2v) is 5.12. The number of fused-ring (bicyclic) bond motifs is 1. The summed E-state index contributed by atoms with van der Waals surface area (Å²) in [6.45, 7) is 4.81. The Morgan fingerprint density at radius 2 is 2.00 bits per heavy atom. The Bertz CT molecular complexity index is 200. The fourth-order valence-electron chi connectivity index (χ4n) is 3.28. The summed E-state index contributed by atoms with van der Waals surface area (Å²) in [5, 5.41) is 0. The van der Waals surface area contributed by atoms with Gasteiger partial charge in [-0.15, -0.1) is 0 Å². The van der Waals surface area contributed by atoms with Gasteiger partial charge in [-0.2, -0.15) is 0 Å². The molecule has 0 N–H and O–H groups in total. The summed E-state index contributed by atoms with van der Waals surface area (Å²) in [7, 11) is 0. The molecule has 0 bridgehead atoms. The number of hydrogen-bond acceptors (Lipinski definition) is 0. The third kappa shape index (κ3) is 2.21. The van der Waals surface area contributed by atoms with E-state index < -0.39 is 0 Å². The van der Waals surface area contributed by atoms with Crippen molar-refractivity contribution in [2.45, 2.75) is 59.8 Å². The van der Waals surface area contributed by atoms with Crippen LogP contribution in [0.1, 0.15) is 59.8 Å². The number of allylic oxidation sites excluding steroid dienone is 2. The van der Waals surface area contributed by atoms with E-state index in [1.54, 1.807) is 0 Å². The first-order valence-electron chi connectivity index (χ1n) is 5.98. The highest BCUT2D eigenvalue weighted by atomic mass is 14.4. The van der Waals surface area contributed by atoms with Crippen LogP contribution >= 0.6 is 0 Å². The van der Waals surface area contributed by atoms with Crippen molar-refractivity contribution >= 4 is 0 Å². The highest BCUT2D eigenvalue weighted by molar-refractivity contribution is 5.14. The van der Waals surface area contributed by atoms with Crippen molar-refractivity contribution in [2.75, 3.05) is 0 Å². The fourth-order valence-corrected chi connectivity index (χ4v) is 3.28. The zero-order valence-corrected chi connectivity index (χ0v) is 9.05. The molecule has 0 heterocycles. The van der Waals surface area contributed by atoms with Crippen molar-refractivity contribution < 1.29 is 0 Å². The molecule has 0 aromatic heterocycles. The van der Waals surface area contributed by atoms with Gasteiger partial charge in [-0.05, 0) is 56.3 Å². The second kappa shape index (κ2) is 5.00. The van der Waals surface area contributed by atoms with Crippen LogP contribution in [0.3, 0.4) is 0 Å². The molecule has 0 amide bonds. The van der Waals surface area contributed by atoms with Gasteiger partial charge in [-0.1, -0.05) is 32.9 Å². The molecule has 0 radical (unpaired) electrons. The van der Waals surface area contributed by atoms with E-state index in [0.717, 1.165) is 17.8 Å². The number of rotatable bonds is 1. The monoisotopic (exact) mass is 194 g/mol. The Hall–Kier alpha value is -0.260. The fraction of sp³-hybridized carbons (Fsp3) is 0.857. The average molecular weight is 194 g/mol. The lowest BCUT2D eigenvalue weighted by Crippen LogP contribution is -2.27. The van der Waals surface area contributed by atoms with Gasteiger partial charge in [-0.25, -0.2) is 0 Å². The highest BCUT2D eigenvalue weighted by Gasteiger charge is 2.31. The lowest BCUT2D eigenvalue weighted by molar-refractivity contribution is 0.211. The van der Waals surface area contributed by atoms with Crippen molar-refractivity contribution in [3.63, 3.8) is 0 Å². The van der Waals surface area contributed by atoms with Gasteiger partial charge in [-0.3, -0.25) is 0 Å². The van der Waals surface area contributed by atoms with Gasteiger partial charge in [0.05, 0.1) is 0 Å². The summed E-state index contributed by atoms with van der Waals surface area (Å²) in [5.41, 5.74) is 1.82. The predicted molar refractivity (Wildman–Crippen MR) is 64.3 cm³/mol. The third-order valence-corrected chi connectivity index (χ3v) is 3.98. The highest BCUT2D eigenvalue weighted by Crippen LogP contribution is 2.43. The maximum atomic E-state index is 2.54. The Balaban J connectivity index is 0.000000980. The molecule has 2 aliphatic rings. The summed E-state index contributed by atoms with van der Waals surface area (Å²) in [4.78, 5) is 0. The minimum Gasteiger partial charge on any atom is -0.0850 e. The Morgan fingerprint density at radius 3 is 2.71 bits per heavy atom. The van der Waals surface area contributed by atoms with E-state index >= 15 is 0 Å². The first-order chi connectivity index (χ1) is 6.29. The summed E-state index contributed by atoms with van der Waals surface area (Å²) in [6.07, 6.45) is 11.2. The maximum Gasteiger partial charge on any atom is -0.0172 e. The Labute approximate surface area is 89.8 Å². The SMILES string of the molecule is C.CC(C)C1CCCC2=CCCCC21. The van der Waals surface area contributed by atoms with Crippen molar-refractivity contribution in [3.8, 4) is 0 Å². The molecule has 0 spiro atoms. The molecule has 2 aliphatic carbocycles. The van der Waals surface area contributed by atoms with E-state index in [4.69, 9.17) is 0 Å². The van der Waals surface area contributed by atoms with Crippen molar-refractivity contribution in [2.24, 2.45) is 17.8 Å². The van der Waals surface area contributed by atoms with Crippen LogP contribution in [0.2, 0.25) is 0 Å². The standard InChI is InChI=1S/C13H22.CH4/c1-10(2)12-9-5-7-11-6-3-4-8-13(11)12;/h6,10,12-13H,3-5,7-9H2,1-2H3;1H4. The van der Waals surface area contributed by atoms with E-state index in [0.29, 0.717) is 0 Å². The average Bonchev–Trinajstić information content (AvgIpc) is 2.17. The van der Waals surface area contributed by atoms with Crippen molar-refractivity contribution in [3.05, 3.63) is 11.6 Å². The smallest absolute Gasteiger partial charge is 0.0172 e. The van der Waals surface area contributed by atoms with Gasteiger partial charge in [0.1, 0.15) is 0 Å². The minimum atomic E-state index is 0. The molecule has 82 valence electrons. The normalized spacial score (nSPS) is 31.8. The first kappa shape index (κ1) is 11.8. The third-order valence-electron chi connectivity index (χ3n) is 3.98. The Morgan fingerprint density at radius 1 is 1.21 bits per heavy atom. The van der Waals surface area contributed by atoms with E-state index in [9.17, 15) is 0 Å². The van der Waals surface area contributed by atoms with Crippen LogP contribution in [0.25, 0.3) is 0 Å². The zero-order valence-electron chi connectivity index (χ0n) is 9.05. The molecule has 2 rings (SSSR count). The van der Waals surface area contributed by atoms with Crippen LogP contribution < -0.4 is 0 Å². The van der Waals surface area contributed by atoms with Gasteiger partial charge in [0.15, 0.2) is 0 Å². The molecule has 0 aromatic carbocycles. The summed E-state index contributed by atoms with van der Waals surface area (Å²) < 4.78 is 0. The minimum absolute atomic E-state index is 0. The summed E-state index contributed by atoms with van der Waals surface area (Å²) >= 11 is 0. The summed E-state index contributed by atoms with van der Waals surface area (Å²) in [5.74, 6) is 2.87. The molecule has 0 nitrogen and oxygen atoms in total. The van der Waals surface area contributed by atoms with E-state index in [-0.39, 0.29) is 7.43 Å². The van der Waals surface area contributed by atoms with E-state index in [2.05, 4.69) is 19.9 Å². The van der Waals surface area contributed by atoms with Crippen LogP contribution in [0.5, 0.6) is 0 Å². The van der Waals surface area contributed by atoms with Gasteiger partial charge < -0.3 is 0 Å². The van der Waals surface area contributed by atoms with E-state index in [1.165, 1.54) is 38.5 Å². The molecular weight excluding hydrogens is 168 g/mol. The van der Waals surface area contributed by atoms with Crippen LogP contribution in [0.4, 0.5) is 0 Å². The lowest BCUT2D eigenvalue weighted by Gasteiger charge is -2.38. The van der Waals surface area contributed by atoms with Crippen molar-refractivity contribution in [1.29, 1.82) is 0 Å². The second-order valence-electron chi connectivity index (χ2n) is 5.12. The predicted octanol–water partition coefficient (Wildman–Crippen LogP) is 4.81. The largest absolute Gasteiger partial charge is 0.0850 e. The molecule has 14 heavy (non-hydrogen) atoms. The summed E-state index contributed by atoms with van der Waals surface area (Å²) in [6, 6.07) is 0. The molecule has 0 heteroatoms. The van der Waals surface area contributed by atoms with Crippen LogP contribution in [-0.2, 0) is 0 Å². The lowest BCUT2D eigenvalue weighted by atomic mass is 9.67. The molecule has 0 aliphatic heterocycles. The quantitative estimate of drug-likeness (QED) is 0.526. The topological polar surface area (TPSA) is 0 Å². The molecule has 2 atom stereocenters. The van der Waals surface area contributed by atoms with Gasteiger partial charge >= 0.3 is 0 Å². The van der Waals surface area contributed by atoms with Crippen LogP contribution in [0, 0.1) is 17.8 Å². The molecule has 1 saturated carbocycles. The Kier molecular flexibility index (Phi) is 4.22. The number of hydrogen-bond donors (Lipinski definition) is 0. The van der Waals surface area contributed by atoms with Crippen molar-refractivity contribution in [1.82, 2.24) is 0 Å². The maximum absolute atomic E-state index is 2.54. The van der Waals surface area contributed by atoms with Crippen LogP contribution in [-0.4, -0.2) is 0 Å². The zero-order chi connectivity index (χ0) is 9.26. The molecule has 1 fully saturated rings. The molecular formula is C14H26. The van der Waals surface area contributed by atoms with Gasteiger partial charge in [0, 0.05) is 0 Å². The van der Waals surface area contributed by atoms with Gasteiger partial charge in [0.25, 0.3) is 0 Å².